The van der Waals surface area contributed by atoms with Crippen molar-refractivity contribution in [3.8, 4) is 0 Å². The lowest BCUT2D eigenvalue weighted by Gasteiger charge is -2.33. The third-order valence-corrected chi connectivity index (χ3v) is 7.48. The van der Waals surface area contributed by atoms with Crippen LogP contribution in [0.15, 0.2) is 84.9 Å². The highest BCUT2D eigenvalue weighted by Crippen LogP contribution is 2.20. The number of amides is 2. The molecule has 0 saturated heterocycles. The Morgan fingerprint density at radius 3 is 2.14 bits per heavy atom. The van der Waals surface area contributed by atoms with Gasteiger partial charge in [-0.25, -0.2) is 0 Å². The van der Waals surface area contributed by atoms with Crippen LogP contribution in [0.3, 0.4) is 0 Å². The molecule has 0 aromatic heterocycles. The third kappa shape index (κ3) is 8.56. The summed E-state index contributed by atoms with van der Waals surface area (Å²) >= 11 is 1.75. The molecular weight excluding hydrogens is 464 g/mol. The molecule has 5 heteroatoms. The van der Waals surface area contributed by atoms with Crippen LogP contribution in [-0.4, -0.2) is 34.6 Å². The van der Waals surface area contributed by atoms with Crippen molar-refractivity contribution >= 4 is 23.6 Å². The Labute approximate surface area is 220 Å². The predicted molar refractivity (Wildman–Crippen MR) is 151 cm³/mol. The van der Waals surface area contributed by atoms with Gasteiger partial charge in [0.25, 0.3) is 0 Å². The lowest BCUT2D eigenvalue weighted by molar-refractivity contribution is -0.141. The molecule has 0 radical (unpaired) electrons. The summed E-state index contributed by atoms with van der Waals surface area (Å²) < 4.78 is 0. The molecular formula is C31H38N2O2S. The summed E-state index contributed by atoms with van der Waals surface area (Å²) in [6.45, 7) is 6.53. The first-order chi connectivity index (χ1) is 17.5. The van der Waals surface area contributed by atoms with Crippen LogP contribution >= 0.6 is 11.8 Å². The van der Waals surface area contributed by atoms with E-state index in [0.717, 1.165) is 28.9 Å². The molecule has 3 rings (SSSR count). The van der Waals surface area contributed by atoms with E-state index in [1.807, 2.05) is 73.7 Å². The van der Waals surface area contributed by atoms with Gasteiger partial charge in [-0.3, -0.25) is 9.59 Å². The maximum Gasteiger partial charge on any atom is 0.243 e. The van der Waals surface area contributed by atoms with E-state index in [1.54, 1.807) is 16.7 Å². The smallest absolute Gasteiger partial charge is 0.243 e. The van der Waals surface area contributed by atoms with Crippen molar-refractivity contribution in [3.05, 3.63) is 107 Å². The van der Waals surface area contributed by atoms with Gasteiger partial charge in [0, 0.05) is 36.9 Å². The molecule has 3 aromatic carbocycles. The molecule has 0 aliphatic carbocycles. The average Bonchev–Trinajstić information content (AvgIpc) is 2.90. The van der Waals surface area contributed by atoms with Crippen molar-refractivity contribution in [3.63, 3.8) is 0 Å². The number of benzene rings is 3. The highest BCUT2D eigenvalue weighted by molar-refractivity contribution is 7.98. The summed E-state index contributed by atoms with van der Waals surface area (Å²) in [6, 6.07) is 27.8. The van der Waals surface area contributed by atoms with E-state index in [4.69, 9.17) is 0 Å². The van der Waals surface area contributed by atoms with E-state index in [-0.39, 0.29) is 17.9 Å². The predicted octanol–water partition coefficient (Wildman–Crippen LogP) is 6.17. The van der Waals surface area contributed by atoms with Crippen LogP contribution < -0.4 is 5.32 Å². The summed E-state index contributed by atoms with van der Waals surface area (Å²) in [5, 5.41) is 3.14. The quantitative estimate of drug-likeness (QED) is 0.284. The maximum absolute atomic E-state index is 13.7. The van der Waals surface area contributed by atoms with E-state index in [0.29, 0.717) is 25.1 Å². The van der Waals surface area contributed by atoms with Crippen LogP contribution in [0.1, 0.15) is 48.9 Å². The Hall–Kier alpha value is -3.05. The molecule has 190 valence electrons. The molecule has 4 nitrogen and oxygen atoms in total. The normalized spacial score (nSPS) is 12.5. The molecule has 0 fully saturated rings. The summed E-state index contributed by atoms with van der Waals surface area (Å²) in [5.74, 6) is 1.50. The van der Waals surface area contributed by atoms with Gasteiger partial charge >= 0.3 is 0 Å². The van der Waals surface area contributed by atoms with Crippen LogP contribution in [0.2, 0.25) is 0 Å². The second-order valence-electron chi connectivity index (χ2n) is 9.26. The third-order valence-electron chi connectivity index (χ3n) is 6.45. The largest absolute Gasteiger partial charge is 0.352 e. The number of hydrogen-bond acceptors (Lipinski definition) is 3. The molecule has 1 N–H and O–H groups in total. The molecule has 0 heterocycles. The first kappa shape index (κ1) is 27.5. The van der Waals surface area contributed by atoms with Crippen molar-refractivity contribution in [2.24, 2.45) is 0 Å². The molecule has 3 aromatic rings. The Morgan fingerprint density at radius 1 is 0.889 bits per heavy atom. The van der Waals surface area contributed by atoms with Crippen molar-refractivity contribution < 1.29 is 9.59 Å². The zero-order valence-electron chi connectivity index (χ0n) is 21.7. The average molecular weight is 503 g/mol. The van der Waals surface area contributed by atoms with Gasteiger partial charge in [0.15, 0.2) is 0 Å². The minimum absolute atomic E-state index is 0.0130. The fourth-order valence-corrected chi connectivity index (χ4v) is 4.92. The molecule has 2 atom stereocenters. The van der Waals surface area contributed by atoms with E-state index < -0.39 is 6.04 Å². The number of nitrogens with zero attached hydrogens (tertiary/aromatic N) is 1. The lowest BCUT2D eigenvalue weighted by Crippen LogP contribution is -2.52. The van der Waals surface area contributed by atoms with Crippen molar-refractivity contribution in [1.29, 1.82) is 0 Å². The fourth-order valence-electron chi connectivity index (χ4n) is 4.03. The molecule has 0 aliphatic heterocycles. The summed E-state index contributed by atoms with van der Waals surface area (Å²) in [5.41, 5.74) is 4.48. The second kappa shape index (κ2) is 14.5. The van der Waals surface area contributed by atoms with Crippen molar-refractivity contribution in [2.45, 2.75) is 64.4 Å². The zero-order chi connectivity index (χ0) is 25.8. The minimum atomic E-state index is -0.576. The Morgan fingerprint density at radius 2 is 1.50 bits per heavy atom. The lowest BCUT2D eigenvalue weighted by atomic mass is 10.0. The van der Waals surface area contributed by atoms with Crippen molar-refractivity contribution in [1.82, 2.24) is 10.2 Å². The molecule has 0 saturated carbocycles. The minimum Gasteiger partial charge on any atom is -0.352 e. The molecule has 0 unspecified atom stereocenters. The summed E-state index contributed by atoms with van der Waals surface area (Å²) in [6.07, 6.45) is 1.72. The molecule has 36 heavy (non-hydrogen) atoms. The molecule has 0 aliphatic rings. The van der Waals surface area contributed by atoms with Gasteiger partial charge in [-0.1, -0.05) is 91.9 Å². The van der Waals surface area contributed by atoms with Gasteiger partial charge in [-0.15, -0.1) is 0 Å². The van der Waals surface area contributed by atoms with Gasteiger partial charge in [0.1, 0.15) is 6.04 Å². The first-order valence-corrected chi connectivity index (χ1v) is 13.9. The summed E-state index contributed by atoms with van der Waals surface area (Å²) in [4.78, 5) is 29.0. The van der Waals surface area contributed by atoms with Crippen LogP contribution in [0, 0.1) is 6.92 Å². The SMILES string of the molecule is CC[C@H](C)NC(=O)[C@H](Cc1ccccc1)N(Cc1ccccc1C)C(=O)CCSCc1ccccc1. The number of thioether (sulfide) groups is 1. The Balaban J connectivity index is 1.81. The van der Waals surface area contributed by atoms with Crippen LogP contribution in [-0.2, 0) is 28.3 Å². The fraction of sp³-hybridized carbons (Fsp3) is 0.355. The van der Waals surface area contributed by atoms with Gasteiger partial charge < -0.3 is 10.2 Å². The molecule has 0 bridgehead atoms. The topological polar surface area (TPSA) is 49.4 Å². The maximum atomic E-state index is 13.7. The van der Waals surface area contributed by atoms with Gasteiger partial charge in [0.2, 0.25) is 11.8 Å². The molecule has 0 spiro atoms. The van der Waals surface area contributed by atoms with Crippen LogP contribution in [0.25, 0.3) is 0 Å². The highest BCUT2D eigenvalue weighted by atomic mass is 32.2. The highest BCUT2D eigenvalue weighted by Gasteiger charge is 2.31. The van der Waals surface area contributed by atoms with Crippen LogP contribution in [0.4, 0.5) is 0 Å². The van der Waals surface area contributed by atoms with Gasteiger partial charge in [-0.2, -0.15) is 11.8 Å². The van der Waals surface area contributed by atoms with Gasteiger partial charge in [0.05, 0.1) is 0 Å². The number of rotatable bonds is 13. The molecule has 2 amide bonds. The number of hydrogen-bond donors (Lipinski definition) is 1. The van der Waals surface area contributed by atoms with Crippen molar-refractivity contribution in [2.75, 3.05) is 5.75 Å². The Bertz CT molecular complexity index is 1090. The zero-order valence-corrected chi connectivity index (χ0v) is 22.5. The van der Waals surface area contributed by atoms with E-state index >= 15 is 0 Å². The standard InChI is InChI=1S/C31H38N2O2S/c1-4-25(3)32-31(35)29(21-26-14-7-5-8-15-26)33(22-28-18-12-11-13-24(28)2)30(34)19-20-36-23-27-16-9-6-10-17-27/h5-18,25,29H,4,19-23H2,1-3H3,(H,32,35)/t25-,29-/m0/s1. The van der Waals surface area contributed by atoms with E-state index in [2.05, 4.69) is 37.4 Å². The van der Waals surface area contributed by atoms with Gasteiger partial charge in [-0.05, 0) is 42.5 Å². The number of carbonyl (C=O) groups is 2. The second-order valence-corrected chi connectivity index (χ2v) is 10.4. The van der Waals surface area contributed by atoms with E-state index in [1.165, 1.54) is 5.56 Å². The number of carbonyl (C=O) groups excluding carboxylic acids is 2. The Kier molecular flexibility index (Phi) is 11.1. The van der Waals surface area contributed by atoms with E-state index in [9.17, 15) is 9.59 Å². The monoisotopic (exact) mass is 502 g/mol. The first-order valence-electron chi connectivity index (χ1n) is 12.8. The number of nitrogens with one attached hydrogen (secondary N) is 1. The summed E-state index contributed by atoms with van der Waals surface area (Å²) in [7, 11) is 0. The van der Waals surface area contributed by atoms with Crippen LogP contribution in [0.5, 0.6) is 0 Å². The number of aryl methyl sites for hydroxylation is 1.